The summed E-state index contributed by atoms with van der Waals surface area (Å²) in [6.07, 6.45) is 3.78. The molecule has 0 radical (unpaired) electrons. The fourth-order valence-corrected chi connectivity index (χ4v) is 1.93. The largest absolute Gasteiger partial charge is 0.335 e. The maximum absolute atomic E-state index is 11.9. The van der Waals surface area contributed by atoms with Crippen molar-refractivity contribution in [2.24, 2.45) is 5.73 Å². The minimum Gasteiger partial charge on any atom is -0.335 e. The number of amides is 2. The SMILES string of the molecule is CN1CC(=O)N(c2ccc(/C=C/CN)cc2)CC1=O. The first-order chi connectivity index (χ1) is 9.11. The van der Waals surface area contributed by atoms with Crippen molar-refractivity contribution in [1.82, 2.24) is 4.90 Å². The Labute approximate surface area is 112 Å². The molecule has 5 heteroatoms. The normalized spacial score (nSPS) is 16.5. The zero-order valence-electron chi connectivity index (χ0n) is 10.9. The summed E-state index contributed by atoms with van der Waals surface area (Å²) >= 11 is 0. The highest BCUT2D eigenvalue weighted by molar-refractivity contribution is 6.04. The van der Waals surface area contributed by atoms with Crippen molar-refractivity contribution in [1.29, 1.82) is 0 Å². The highest BCUT2D eigenvalue weighted by Gasteiger charge is 2.28. The summed E-state index contributed by atoms with van der Waals surface area (Å²) in [6, 6.07) is 7.48. The van der Waals surface area contributed by atoms with Gasteiger partial charge in [0.05, 0.1) is 6.54 Å². The standard InChI is InChI=1S/C14H17N3O2/c1-16-9-14(19)17(10-13(16)18)12-6-4-11(5-7-12)3-2-8-15/h2-7H,8-10,15H2,1H3/b3-2+. The van der Waals surface area contributed by atoms with Gasteiger partial charge in [-0.3, -0.25) is 9.59 Å². The summed E-state index contributed by atoms with van der Waals surface area (Å²) in [6.45, 7) is 0.730. The molecule has 0 bridgehead atoms. The van der Waals surface area contributed by atoms with Crippen LogP contribution in [0.1, 0.15) is 5.56 Å². The average Bonchev–Trinajstić information content (AvgIpc) is 2.41. The second kappa shape index (κ2) is 5.67. The van der Waals surface area contributed by atoms with Crippen LogP contribution in [0.25, 0.3) is 6.08 Å². The molecule has 2 amide bonds. The lowest BCUT2D eigenvalue weighted by molar-refractivity contribution is -0.136. The van der Waals surface area contributed by atoms with E-state index in [0.29, 0.717) is 6.54 Å². The Hall–Kier alpha value is -2.14. The molecule has 0 spiro atoms. The third-order valence-corrected chi connectivity index (χ3v) is 3.04. The van der Waals surface area contributed by atoms with Crippen molar-refractivity contribution < 1.29 is 9.59 Å². The Bertz CT molecular complexity index is 508. The summed E-state index contributed by atoms with van der Waals surface area (Å²) in [7, 11) is 1.64. The maximum Gasteiger partial charge on any atom is 0.247 e. The van der Waals surface area contributed by atoms with Crippen molar-refractivity contribution in [2.75, 3.05) is 31.6 Å². The number of anilines is 1. The number of piperazine rings is 1. The fourth-order valence-electron chi connectivity index (χ4n) is 1.93. The third-order valence-electron chi connectivity index (χ3n) is 3.04. The number of rotatable bonds is 3. The van der Waals surface area contributed by atoms with Gasteiger partial charge in [0, 0.05) is 19.3 Å². The molecular formula is C14H17N3O2. The molecule has 0 aromatic heterocycles. The average molecular weight is 259 g/mol. The first-order valence-electron chi connectivity index (χ1n) is 6.13. The van der Waals surface area contributed by atoms with Gasteiger partial charge in [-0.15, -0.1) is 0 Å². The van der Waals surface area contributed by atoms with Crippen molar-refractivity contribution in [3.05, 3.63) is 35.9 Å². The van der Waals surface area contributed by atoms with E-state index in [-0.39, 0.29) is 24.9 Å². The maximum atomic E-state index is 11.9. The molecule has 0 aliphatic carbocycles. The Kier molecular flexibility index (Phi) is 3.97. The molecule has 19 heavy (non-hydrogen) atoms. The van der Waals surface area contributed by atoms with Gasteiger partial charge in [-0.25, -0.2) is 0 Å². The Morgan fingerprint density at radius 1 is 1.16 bits per heavy atom. The number of benzene rings is 1. The molecule has 1 fully saturated rings. The molecule has 5 nitrogen and oxygen atoms in total. The molecule has 0 saturated carbocycles. The van der Waals surface area contributed by atoms with E-state index in [1.165, 1.54) is 9.80 Å². The van der Waals surface area contributed by atoms with Gasteiger partial charge < -0.3 is 15.5 Å². The molecule has 1 aromatic rings. The minimum atomic E-state index is -0.0626. The van der Waals surface area contributed by atoms with Crippen LogP contribution in [0.3, 0.4) is 0 Å². The highest BCUT2D eigenvalue weighted by atomic mass is 16.2. The van der Waals surface area contributed by atoms with Gasteiger partial charge in [0.2, 0.25) is 11.8 Å². The van der Waals surface area contributed by atoms with E-state index >= 15 is 0 Å². The first kappa shape index (κ1) is 13.3. The molecule has 0 atom stereocenters. The van der Waals surface area contributed by atoms with E-state index in [0.717, 1.165) is 11.3 Å². The van der Waals surface area contributed by atoms with Gasteiger partial charge in [0.15, 0.2) is 0 Å². The zero-order valence-corrected chi connectivity index (χ0v) is 10.9. The molecule has 0 unspecified atom stereocenters. The summed E-state index contributed by atoms with van der Waals surface area (Å²) < 4.78 is 0. The van der Waals surface area contributed by atoms with Crippen LogP contribution in [0.2, 0.25) is 0 Å². The van der Waals surface area contributed by atoms with E-state index in [2.05, 4.69) is 0 Å². The molecule has 100 valence electrons. The van der Waals surface area contributed by atoms with Crippen LogP contribution in [-0.2, 0) is 9.59 Å². The van der Waals surface area contributed by atoms with Gasteiger partial charge in [-0.1, -0.05) is 24.3 Å². The zero-order chi connectivity index (χ0) is 13.8. The quantitative estimate of drug-likeness (QED) is 0.857. The Balaban J connectivity index is 2.15. The van der Waals surface area contributed by atoms with Gasteiger partial charge in [0.25, 0.3) is 0 Å². The second-order valence-corrected chi connectivity index (χ2v) is 4.46. The molecule has 2 N–H and O–H groups in total. The van der Waals surface area contributed by atoms with E-state index < -0.39 is 0 Å². The Morgan fingerprint density at radius 3 is 2.47 bits per heavy atom. The summed E-state index contributed by atoms with van der Waals surface area (Å²) in [4.78, 5) is 26.5. The predicted octanol–water partition coefficient (Wildman–Crippen LogP) is 0.463. The molecule has 1 aliphatic rings. The third kappa shape index (κ3) is 3.00. The van der Waals surface area contributed by atoms with Crippen LogP contribution in [-0.4, -0.2) is 43.4 Å². The van der Waals surface area contributed by atoms with Crippen molar-refractivity contribution >= 4 is 23.6 Å². The Morgan fingerprint density at radius 2 is 1.84 bits per heavy atom. The van der Waals surface area contributed by atoms with E-state index in [4.69, 9.17) is 5.73 Å². The van der Waals surface area contributed by atoms with Crippen LogP contribution in [0.4, 0.5) is 5.69 Å². The van der Waals surface area contributed by atoms with Crippen molar-refractivity contribution in [3.8, 4) is 0 Å². The molecule has 1 aromatic carbocycles. The van der Waals surface area contributed by atoms with Gasteiger partial charge in [-0.2, -0.15) is 0 Å². The second-order valence-electron chi connectivity index (χ2n) is 4.46. The number of carbonyl (C=O) groups excluding carboxylic acids is 2. The van der Waals surface area contributed by atoms with Gasteiger partial charge in [0.1, 0.15) is 6.54 Å². The number of carbonyl (C=O) groups is 2. The lowest BCUT2D eigenvalue weighted by Gasteiger charge is -2.31. The number of hydrogen-bond acceptors (Lipinski definition) is 3. The fraction of sp³-hybridized carbons (Fsp3) is 0.286. The highest BCUT2D eigenvalue weighted by Crippen LogP contribution is 2.18. The minimum absolute atomic E-state index is 0.0493. The van der Waals surface area contributed by atoms with Crippen molar-refractivity contribution in [3.63, 3.8) is 0 Å². The number of nitrogens with two attached hydrogens (primary N) is 1. The number of hydrogen-bond donors (Lipinski definition) is 1. The summed E-state index contributed by atoms with van der Waals surface area (Å²) in [5.74, 6) is -0.112. The number of nitrogens with zero attached hydrogens (tertiary/aromatic N) is 2. The lowest BCUT2D eigenvalue weighted by Crippen LogP contribution is -2.52. The van der Waals surface area contributed by atoms with Crippen LogP contribution in [0.15, 0.2) is 30.3 Å². The van der Waals surface area contributed by atoms with Gasteiger partial charge >= 0.3 is 0 Å². The van der Waals surface area contributed by atoms with Crippen LogP contribution in [0, 0.1) is 0 Å². The monoisotopic (exact) mass is 259 g/mol. The molecular weight excluding hydrogens is 242 g/mol. The van der Waals surface area contributed by atoms with Gasteiger partial charge in [-0.05, 0) is 17.7 Å². The van der Waals surface area contributed by atoms with E-state index in [1.807, 2.05) is 36.4 Å². The molecule has 2 rings (SSSR count). The predicted molar refractivity (Wildman–Crippen MR) is 74.5 cm³/mol. The van der Waals surface area contributed by atoms with Crippen LogP contribution >= 0.6 is 0 Å². The van der Waals surface area contributed by atoms with Crippen molar-refractivity contribution in [2.45, 2.75) is 0 Å². The lowest BCUT2D eigenvalue weighted by atomic mass is 10.1. The van der Waals surface area contributed by atoms with Crippen LogP contribution in [0.5, 0.6) is 0 Å². The van der Waals surface area contributed by atoms with E-state index in [1.54, 1.807) is 7.05 Å². The first-order valence-corrected chi connectivity index (χ1v) is 6.13. The van der Waals surface area contributed by atoms with E-state index in [9.17, 15) is 9.59 Å². The molecule has 1 saturated heterocycles. The van der Waals surface area contributed by atoms with Crippen LogP contribution < -0.4 is 10.6 Å². The molecule has 1 heterocycles. The summed E-state index contributed by atoms with van der Waals surface area (Å²) in [5.41, 5.74) is 7.15. The smallest absolute Gasteiger partial charge is 0.247 e. The number of likely N-dealkylation sites (N-methyl/N-ethyl adjacent to an activating group) is 1. The summed E-state index contributed by atoms with van der Waals surface area (Å²) in [5, 5.41) is 0. The molecule has 1 aliphatic heterocycles. The topological polar surface area (TPSA) is 66.6 Å².